The van der Waals surface area contributed by atoms with Gasteiger partial charge in [-0.3, -0.25) is 9.36 Å². The summed E-state index contributed by atoms with van der Waals surface area (Å²) < 4.78 is 14.4. The summed E-state index contributed by atoms with van der Waals surface area (Å²) in [6, 6.07) is 4.97. The van der Waals surface area contributed by atoms with Crippen molar-refractivity contribution in [1.29, 1.82) is 0 Å². The van der Waals surface area contributed by atoms with Gasteiger partial charge in [0, 0.05) is 5.69 Å². The average Bonchev–Trinajstić information content (AvgIpc) is 2.81. The fourth-order valence-corrected chi connectivity index (χ4v) is 2.26. The number of rotatable bonds is 4. The van der Waals surface area contributed by atoms with Crippen LogP contribution in [0.5, 0.6) is 0 Å². The zero-order chi connectivity index (χ0) is 14.7. The molecule has 20 heavy (non-hydrogen) atoms. The monoisotopic (exact) mass is 295 g/mol. The predicted octanol–water partition coefficient (Wildman–Crippen LogP) is 1.92. The Kier molecular flexibility index (Phi) is 4.23. The van der Waals surface area contributed by atoms with Gasteiger partial charge in [0.25, 0.3) is 0 Å². The van der Waals surface area contributed by atoms with E-state index in [0.29, 0.717) is 10.8 Å². The maximum Gasteiger partial charge on any atom is 0.247 e. The molecule has 1 aromatic heterocycles. The van der Waals surface area contributed by atoms with Gasteiger partial charge in [-0.2, -0.15) is 0 Å². The van der Waals surface area contributed by atoms with Crippen LogP contribution in [-0.2, 0) is 4.79 Å². The number of carbonyl (C=O) groups is 1. The Morgan fingerprint density at radius 1 is 1.40 bits per heavy atom. The molecule has 0 aliphatic carbocycles. The predicted molar refractivity (Wildman–Crippen MR) is 76.0 cm³/mol. The number of benzene rings is 1. The summed E-state index contributed by atoms with van der Waals surface area (Å²) in [5, 5.41) is 10.9. The Balaban J connectivity index is 2.16. The van der Waals surface area contributed by atoms with Gasteiger partial charge >= 0.3 is 0 Å². The van der Waals surface area contributed by atoms with Crippen molar-refractivity contribution in [2.24, 2.45) is 0 Å². The van der Waals surface area contributed by atoms with Crippen LogP contribution < -0.4 is 11.1 Å². The first kappa shape index (κ1) is 14.3. The third-order valence-electron chi connectivity index (χ3n) is 2.75. The minimum Gasteiger partial charge on any atom is -0.368 e. The van der Waals surface area contributed by atoms with E-state index in [9.17, 15) is 9.18 Å². The molecule has 1 aromatic carbocycles. The average molecular weight is 295 g/mol. The molecule has 2 rings (SSSR count). The van der Waals surface area contributed by atoms with E-state index in [4.69, 9.17) is 5.73 Å². The fraction of sp³-hybridized carbons (Fsp3) is 0.250. The van der Waals surface area contributed by atoms with Crippen LogP contribution in [0.2, 0.25) is 0 Å². The second-order valence-corrected chi connectivity index (χ2v) is 4.86. The molecule has 0 saturated carbocycles. The molecule has 0 fully saturated rings. The number of halogens is 1. The van der Waals surface area contributed by atoms with Crippen molar-refractivity contribution < 1.29 is 9.18 Å². The maximum atomic E-state index is 12.8. The van der Waals surface area contributed by atoms with E-state index in [2.05, 4.69) is 15.5 Å². The zero-order valence-corrected chi connectivity index (χ0v) is 11.8. The summed E-state index contributed by atoms with van der Waals surface area (Å²) in [6.45, 7) is 1.69. The van der Waals surface area contributed by atoms with Gasteiger partial charge < -0.3 is 11.1 Å². The Morgan fingerprint density at radius 2 is 2.05 bits per heavy atom. The van der Waals surface area contributed by atoms with Gasteiger partial charge in [-0.25, -0.2) is 4.39 Å². The van der Waals surface area contributed by atoms with Gasteiger partial charge in [0.1, 0.15) is 11.9 Å². The van der Waals surface area contributed by atoms with Crippen molar-refractivity contribution in [2.45, 2.75) is 18.1 Å². The summed E-state index contributed by atoms with van der Waals surface area (Å²) in [6.07, 6.45) is 1.82. The molecule has 1 atom stereocenters. The molecule has 0 saturated heterocycles. The molecular weight excluding hydrogens is 281 g/mol. The number of hydrogen-bond acceptors (Lipinski definition) is 5. The number of carbonyl (C=O) groups excluding carboxylic acids is 1. The van der Waals surface area contributed by atoms with Crippen molar-refractivity contribution in [2.75, 3.05) is 17.3 Å². The highest BCUT2D eigenvalue weighted by Crippen LogP contribution is 2.22. The lowest BCUT2D eigenvalue weighted by atomic mass is 10.2. The number of anilines is 2. The molecule has 0 aliphatic heterocycles. The van der Waals surface area contributed by atoms with Crippen molar-refractivity contribution in [3.05, 3.63) is 30.1 Å². The van der Waals surface area contributed by atoms with Gasteiger partial charge in [0.15, 0.2) is 5.16 Å². The summed E-state index contributed by atoms with van der Waals surface area (Å²) in [5.74, 6) is -0.460. The molecular formula is C12H14FN5OS. The molecule has 0 spiro atoms. The molecule has 0 unspecified atom stereocenters. The SMILES string of the molecule is CSc1nnc(N)n1[C@@H](C)C(=O)Nc1ccc(F)cc1. The Labute approximate surface area is 119 Å². The van der Waals surface area contributed by atoms with Crippen LogP contribution in [0, 0.1) is 5.82 Å². The van der Waals surface area contributed by atoms with Crippen LogP contribution in [0.3, 0.4) is 0 Å². The van der Waals surface area contributed by atoms with Crippen LogP contribution in [0.15, 0.2) is 29.4 Å². The quantitative estimate of drug-likeness (QED) is 0.842. The molecule has 0 radical (unpaired) electrons. The normalized spacial score (nSPS) is 12.2. The van der Waals surface area contributed by atoms with Crippen molar-refractivity contribution in [1.82, 2.24) is 14.8 Å². The molecule has 0 aliphatic rings. The highest BCUT2D eigenvalue weighted by molar-refractivity contribution is 7.98. The second kappa shape index (κ2) is 5.91. The lowest BCUT2D eigenvalue weighted by molar-refractivity contribution is -0.118. The van der Waals surface area contributed by atoms with E-state index in [1.807, 2.05) is 6.26 Å². The number of nitrogens with two attached hydrogens (primary N) is 1. The molecule has 1 amide bonds. The number of aromatic nitrogens is 3. The number of hydrogen-bond donors (Lipinski definition) is 2. The van der Waals surface area contributed by atoms with E-state index in [1.165, 1.54) is 36.0 Å². The summed E-state index contributed by atoms with van der Waals surface area (Å²) in [5.41, 5.74) is 6.23. The minimum absolute atomic E-state index is 0.177. The number of nitrogens with zero attached hydrogens (tertiary/aromatic N) is 3. The molecule has 3 N–H and O–H groups in total. The van der Waals surface area contributed by atoms with Crippen molar-refractivity contribution >= 4 is 29.3 Å². The maximum absolute atomic E-state index is 12.8. The standard InChI is InChI=1S/C12H14FN5OS/c1-7(18-11(14)16-17-12(18)20-2)10(19)15-9-5-3-8(13)4-6-9/h3-7H,1-2H3,(H2,14,16)(H,15,19)/t7-/m0/s1. The van der Waals surface area contributed by atoms with E-state index >= 15 is 0 Å². The number of nitrogens with one attached hydrogen (secondary N) is 1. The van der Waals surface area contributed by atoms with Crippen LogP contribution >= 0.6 is 11.8 Å². The Morgan fingerprint density at radius 3 is 2.65 bits per heavy atom. The topological polar surface area (TPSA) is 85.8 Å². The second-order valence-electron chi connectivity index (χ2n) is 4.09. The van der Waals surface area contributed by atoms with E-state index < -0.39 is 6.04 Å². The molecule has 6 nitrogen and oxygen atoms in total. The summed E-state index contributed by atoms with van der Waals surface area (Å²) in [4.78, 5) is 12.2. The van der Waals surface area contributed by atoms with Gasteiger partial charge in [-0.15, -0.1) is 10.2 Å². The van der Waals surface area contributed by atoms with Gasteiger partial charge in [-0.1, -0.05) is 11.8 Å². The summed E-state index contributed by atoms with van der Waals surface area (Å²) in [7, 11) is 0. The zero-order valence-electron chi connectivity index (χ0n) is 11.0. The molecule has 0 bridgehead atoms. The van der Waals surface area contributed by atoms with Crippen LogP contribution in [0.25, 0.3) is 0 Å². The van der Waals surface area contributed by atoms with Crippen LogP contribution in [0.4, 0.5) is 16.0 Å². The third kappa shape index (κ3) is 2.90. The highest BCUT2D eigenvalue weighted by atomic mass is 32.2. The van der Waals surface area contributed by atoms with Gasteiger partial charge in [0.2, 0.25) is 11.9 Å². The number of thioether (sulfide) groups is 1. The highest BCUT2D eigenvalue weighted by Gasteiger charge is 2.21. The largest absolute Gasteiger partial charge is 0.368 e. The van der Waals surface area contributed by atoms with E-state index in [1.54, 1.807) is 11.5 Å². The minimum atomic E-state index is -0.572. The van der Waals surface area contributed by atoms with E-state index in [-0.39, 0.29) is 17.7 Å². The van der Waals surface area contributed by atoms with Crippen LogP contribution in [-0.4, -0.2) is 26.9 Å². The lowest BCUT2D eigenvalue weighted by Crippen LogP contribution is -2.25. The molecule has 1 heterocycles. The fourth-order valence-electron chi connectivity index (χ4n) is 1.69. The van der Waals surface area contributed by atoms with Crippen LogP contribution in [0.1, 0.15) is 13.0 Å². The van der Waals surface area contributed by atoms with Gasteiger partial charge in [-0.05, 0) is 37.4 Å². The van der Waals surface area contributed by atoms with Crippen molar-refractivity contribution in [3.63, 3.8) is 0 Å². The Bertz CT molecular complexity index is 613. The van der Waals surface area contributed by atoms with E-state index in [0.717, 1.165) is 0 Å². The molecule has 106 valence electrons. The number of amides is 1. The molecule has 8 heteroatoms. The first-order valence-electron chi connectivity index (χ1n) is 5.83. The van der Waals surface area contributed by atoms with Crippen molar-refractivity contribution in [3.8, 4) is 0 Å². The smallest absolute Gasteiger partial charge is 0.247 e. The summed E-state index contributed by atoms with van der Waals surface area (Å²) >= 11 is 1.35. The first-order valence-corrected chi connectivity index (χ1v) is 7.06. The Hall–Kier alpha value is -2.09. The molecule has 2 aromatic rings. The first-order chi connectivity index (χ1) is 9.52. The van der Waals surface area contributed by atoms with Gasteiger partial charge in [0.05, 0.1) is 0 Å². The lowest BCUT2D eigenvalue weighted by Gasteiger charge is -2.15. The number of nitrogen functional groups attached to an aromatic ring is 1. The third-order valence-corrected chi connectivity index (χ3v) is 3.40.